The molecule has 0 unspecified atom stereocenters. The maximum absolute atomic E-state index is 16.2. The summed E-state index contributed by atoms with van der Waals surface area (Å²) in [5, 5.41) is 28.5. The van der Waals surface area contributed by atoms with Crippen molar-refractivity contribution in [2.45, 2.75) is 128 Å². The second kappa shape index (κ2) is 9.72. The Balaban J connectivity index is 1.44. The number of nitroso groups, excluding NO2 is 2. The summed E-state index contributed by atoms with van der Waals surface area (Å²) in [4.78, 5) is 27.5. The maximum Gasteiger partial charge on any atom is 0.545 e. The van der Waals surface area contributed by atoms with E-state index in [-0.39, 0.29) is 53.5 Å². The molecule has 0 spiro atoms. The number of hydrogen-bond donors (Lipinski definition) is 0. The number of alkyl halides is 6. The Morgan fingerprint density at radius 1 is 0.566 bits per heavy atom. The molecule has 6 aliphatic rings. The molecule has 0 N–H and O–H groups in total. The fourth-order valence-electron chi connectivity index (χ4n) is 8.46. The average Bonchev–Trinajstić information content (AvgIpc) is 3.63. The highest BCUT2D eigenvalue weighted by atomic mass is 32.2. The van der Waals surface area contributed by atoms with Gasteiger partial charge in [0.15, 0.2) is 0 Å². The summed E-state index contributed by atoms with van der Waals surface area (Å²) in [6.45, 7) is 16.0. The molecule has 2 fully saturated rings. The summed E-state index contributed by atoms with van der Waals surface area (Å²) < 4.78 is 93.9. The molecule has 0 amide bonds. The van der Waals surface area contributed by atoms with Gasteiger partial charge in [-0.25, -0.2) is 0 Å². The third kappa shape index (κ3) is 3.68. The predicted molar refractivity (Wildman–Crippen MR) is 189 cm³/mol. The minimum Gasteiger partial charge on any atom is -0.757 e. The zero-order valence-electron chi connectivity index (χ0n) is 30.5. The van der Waals surface area contributed by atoms with Crippen molar-refractivity contribution in [1.82, 2.24) is 10.1 Å². The van der Waals surface area contributed by atoms with Crippen molar-refractivity contribution < 1.29 is 35.9 Å². The monoisotopic (exact) mass is 778 g/mol. The number of rotatable bonds is 0. The number of hydroxylamine groups is 4. The van der Waals surface area contributed by atoms with E-state index < -0.39 is 60.6 Å². The molecule has 4 heterocycles. The first-order valence-electron chi connectivity index (χ1n) is 16.9. The number of thioether (sulfide) groups is 2. The van der Waals surface area contributed by atoms with Gasteiger partial charge < -0.3 is 20.5 Å². The lowest BCUT2D eigenvalue weighted by atomic mass is 9.68. The van der Waals surface area contributed by atoms with Crippen molar-refractivity contribution in [2.24, 2.45) is 0 Å². The van der Waals surface area contributed by atoms with Gasteiger partial charge in [0, 0.05) is 74.7 Å². The van der Waals surface area contributed by atoms with Crippen LogP contribution in [-0.4, -0.2) is 69.1 Å². The summed E-state index contributed by atoms with van der Waals surface area (Å²) in [5.41, 5.74) is -8.36. The minimum atomic E-state index is -5.79. The van der Waals surface area contributed by atoms with Crippen LogP contribution >= 0.6 is 23.5 Å². The molecule has 53 heavy (non-hydrogen) atoms. The molecular formula is C37H36F6N4O4S2. The first-order valence-corrected chi connectivity index (χ1v) is 18.6. The van der Waals surface area contributed by atoms with Gasteiger partial charge in [-0.3, -0.25) is 0 Å². The van der Waals surface area contributed by atoms with Gasteiger partial charge in [-0.05, 0) is 81.3 Å². The minimum absolute atomic E-state index is 0.0152. The topological polar surface area (TPSA) is 92.8 Å². The fraction of sp³-hybridized carbons (Fsp3) is 0.514. The molecule has 8 rings (SSSR count). The number of halogens is 6. The SMILES string of the molecule is CC1(C)N([O-])C(=c2ccc3c(c2)S[C@]2(C)C=3C3=C(C4=c5ccc(=C6[N+](=O)C(C)(C)C(C)(C)[N+]6=O)cc5S[C@]42C)C(F)(F)C(F)(F)C3(F)F)N([O-])C1(C)C. The second-order valence-electron chi connectivity index (χ2n) is 17.0. The Kier molecular flexibility index (Phi) is 6.71. The number of fused-ring (bicyclic) bond motifs is 7. The molecule has 2 aliphatic carbocycles. The van der Waals surface area contributed by atoms with Crippen LogP contribution in [0.25, 0.3) is 22.8 Å². The zero-order chi connectivity index (χ0) is 39.4. The van der Waals surface area contributed by atoms with Crippen LogP contribution in [0, 0.1) is 20.2 Å². The fourth-order valence-corrected chi connectivity index (χ4v) is 11.7. The van der Waals surface area contributed by atoms with E-state index in [9.17, 15) is 20.2 Å². The van der Waals surface area contributed by atoms with Crippen molar-refractivity contribution in [1.29, 1.82) is 0 Å². The number of nitrogens with zero attached hydrogens (tertiary/aromatic N) is 4. The largest absolute Gasteiger partial charge is 0.757 e. The van der Waals surface area contributed by atoms with Crippen molar-refractivity contribution in [3.63, 3.8) is 0 Å². The molecule has 0 saturated carbocycles. The van der Waals surface area contributed by atoms with Gasteiger partial charge in [0.25, 0.3) is 11.1 Å². The zero-order valence-corrected chi connectivity index (χ0v) is 32.1. The summed E-state index contributed by atoms with van der Waals surface area (Å²) in [6.07, 6.45) is 0. The van der Waals surface area contributed by atoms with Crippen LogP contribution < -0.4 is 20.9 Å². The van der Waals surface area contributed by atoms with Crippen LogP contribution in [0.4, 0.5) is 26.3 Å². The van der Waals surface area contributed by atoms with Gasteiger partial charge in [-0.2, -0.15) is 26.3 Å². The first kappa shape index (κ1) is 36.6. The molecule has 0 aromatic heterocycles. The van der Waals surface area contributed by atoms with Gasteiger partial charge in [0.05, 0.1) is 15.3 Å². The highest BCUT2D eigenvalue weighted by Crippen LogP contribution is 2.74. The van der Waals surface area contributed by atoms with E-state index in [0.717, 1.165) is 23.5 Å². The molecule has 16 heteroatoms. The summed E-state index contributed by atoms with van der Waals surface area (Å²) >= 11 is 2.02. The Morgan fingerprint density at radius 2 is 0.925 bits per heavy atom. The summed E-state index contributed by atoms with van der Waals surface area (Å²) in [5.74, 6) is -16.8. The molecule has 2 aromatic rings. The standard InChI is InChI=1S/C37H36F6N4O4S2/c1-29(2)30(3,4)45(49)27(44(29)48)17-11-13-19-21(15-17)52-33(9)23(19)25-26(36(40,41)37(42,43)35(25,38)39)24-20-14-12-18(16-22(20)53-34(24,33)10)28-46(50)31(5,6)32(7,8)47(28)51/h11-16H,1-10H3/t33-,34-/m1/s1. The third-order valence-electron chi connectivity index (χ3n) is 13.5. The second-order valence-corrected chi connectivity index (χ2v) is 19.9. The van der Waals surface area contributed by atoms with Crippen molar-refractivity contribution in [3.8, 4) is 0 Å². The van der Waals surface area contributed by atoms with Crippen molar-refractivity contribution >= 4 is 46.3 Å². The Hall–Kier alpha value is -3.34. The Morgan fingerprint density at radius 3 is 1.32 bits per heavy atom. The van der Waals surface area contributed by atoms with E-state index >= 15 is 26.3 Å². The quantitative estimate of drug-likeness (QED) is 0.235. The van der Waals surface area contributed by atoms with E-state index in [1.807, 2.05) is 0 Å². The van der Waals surface area contributed by atoms with Crippen LogP contribution in [0.5, 0.6) is 0 Å². The Labute approximate surface area is 308 Å². The van der Waals surface area contributed by atoms with Crippen LogP contribution in [0.3, 0.4) is 0 Å². The van der Waals surface area contributed by atoms with Crippen LogP contribution in [0.2, 0.25) is 0 Å². The van der Waals surface area contributed by atoms with Gasteiger partial charge >= 0.3 is 23.6 Å². The van der Waals surface area contributed by atoms with Crippen LogP contribution in [0.15, 0.2) is 57.3 Å². The molecule has 282 valence electrons. The molecule has 2 atom stereocenters. The molecule has 2 saturated heterocycles. The van der Waals surface area contributed by atoms with Gasteiger partial charge in [0.1, 0.15) is 14.7 Å². The first-order chi connectivity index (χ1) is 24.0. The predicted octanol–water partition coefficient (Wildman–Crippen LogP) is 6.08. The third-order valence-corrected chi connectivity index (χ3v) is 16.8. The van der Waals surface area contributed by atoms with E-state index in [1.54, 1.807) is 69.2 Å². The maximum atomic E-state index is 16.2. The van der Waals surface area contributed by atoms with E-state index in [0.29, 0.717) is 19.6 Å². The molecule has 0 bridgehead atoms. The normalized spacial score (nSPS) is 31.7. The smallest absolute Gasteiger partial charge is 0.545 e. The number of allylic oxidation sites excluding steroid dienone is 2. The van der Waals surface area contributed by atoms with E-state index in [4.69, 9.17) is 0 Å². The lowest BCUT2D eigenvalue weighted by molar-refractivity contribution is -0.564. The average molecular weight is 779 g/mol. The lowest BCUT2D eigenvalue weighted by Gasteiger charge is -2.48. The number of hydrogen-bond acceptors (Lipinski definition) is 8. The molecule has 4 aliphatic heterocycles. The highest BCUT2D eigenvalue weighted by molar-refractivity contribution is 8.05. The Bertz CT molecular complexity index is 2430. The van der Waals surface area contributed by atoms with Crippen LogP contribution in [0.1, 0.15) is 69.2 Å². The lowest BCUT2D eigenvalue weighted by Crippen LogP contribution is -2.51. The number of benzene rings is 2. The molecule has 2 aromatic carbocycles. The molecule has 0 radical (unpaired) electrons. The summed E-state index contributed by atoms with van der Waals surface area (Å²) in [6, 6.07) is 8.24. The van der Waals surface area contributed by atoms with Crippen molar-refractivity contribution in [3.05, 3.63) is 88.6 Å². The van der Waals surface area contributed by atoms with Crippen molar-refractivity contribution in [2.75, 3.05) is 0 Å². The van der Waals surface area contributed by atoms with Gasteiger partial charge in [-0.1, -0.05) is 18.2 Å². The molecular weight excluding hydrogens is 743 g/mol. The molecule has 8 nitrogen and oxygen atoms in total. The summed E-state index contributed by atoms with van der Waals surface area (Å²) in [7, 11) is 0. The van der Waals surface area contributed by atoms with E-state index in [1.165, 1.54) is 36.4 Å². The highest BCUT2D eigenvalue weighted by Gasteiger charge is 2.84. The van der Waals surface area contributed by atoms with Gasteiger partial charge in [-0.15, -0.1) is 23.5 Å². The van der Waals surface area contributed by atoms with Gasteiger partial charge in [0.2, 0.25) is 0 Å². The van der Waals surface area contributed by atoms with Crippen LogP contribution in [-0.2, 0) is 0 Å². The van der Waals surface area contributed by atoms with E-state index in [2.05, 4.69) is 0 Å².